The van der Waals surface area contributed by atoms with Gasteiger partial charge >= 0.3 is 11.9 Å². The molecule has 6 N–H and O–H groups in total. The molecule has 1 atom stereocenters. The molecule has 0 saturated heterocycles. The number of carboxylic acids is 2. The number of nitrogens with one attached hydrogen (secondary N) is 4. The smallest absolute Gasteiger partial charge is 0.322 e. The first-order chi connectivity index (χ1) is 16.8. The van der Waals surface area contributed by atoms with Gasteiger partial charge in [-0.3, -0.25) is 24.0 Å². The molecule has 0 saturated carbocycles. The van der Waals surface area contributed by atoms with Crippen LogP contribution in [0.2, 0.25) is 0 Å². The third-order valence-corrected chi connectivity index (χ3v) is 4.09. The molecule has 202 valence electrons. The largest absolute Gasteiger partial charge is 0.480 e. The maximum Gasteiger partial charge on any atom is 0.322 e. The van der Waals surface area contributed by atoms with Gasteiger partial charge < -0.3 is 50.4 Å². The highest BCUT2D eigenvalue weighted by molar-refractivity contribution is 5.82. The maximum atomic E-state index is 11.6. The molecule has 0 fully saturated rings. The fourth-order valence-corrected chi connectivity index (χ4v) is 2.33. The maximum absolute atomic E-state index is 11.6. The third-order valence-electron chi connectivity index (χ3n) is 4.09. The molecule has 1 unspecified atom stereocenters. The van der Waals surface area contributed by atoms with Crippen molar-refractivity contribution < 1.29 is 53.1 Å². The normalized spacial score (nSPS) is 11.5. The minimum atomic E-state index is -1.14. The molecule has 0 aliphatic heterocycles. The summed E-state index contributed by atoms with van der Waals surface area (Å²) in [5.41, 5.74) is 0. The first kappa shape index (κ1) is 32.1. The zero-order valence-corrected chi connectivity index (χ0v) is 19.8. The predicted octanol–water partition coefficient (Wildman–Crippen LogP) is -3.06. The quantitative estimate of drug-likeness (QED) is 0.0760. The zero-order chi connectivity index (χ0) is 26.3. The van der Waals surface area contributed by atoms with Gasteiger partial charge in [0, 0.05) is 19.5 Å². The van der Waals surface area contributed by atoms with Gasteiger partial charge in [-0.05, 0) is 13.5 Å². The highest BCUT2D eigenvalue weighted by Crippen LogP contribution is 1.97. The number of carbonyl (C=O) groups is 5. The summed E-state index contributed by atoms with van der Waals surface area (Å²) in [5.74, 6) is -3.27. The standard InChI is InChI=1S/C20H36N4O11/c1-21-15(20(30)31)2-3-16(25)22-4-6-32-8-10-34-13-17(26)23-5-7-33-9-11-35-14-18(27)24-12-19(28)29/h15,21H,2-14H2,1H3,(H,22,25)(H,23,26)(H,24,27)(H,28,29)(H,30,31). The monoisotopic (exact) mass is 508 g/mol. The molecule has 0 aromatic heterocycles. The molecule has 15 heteroatoms. The topological polar surface area (TPSA) is 211 Å². The van der Waals surface area contributed by atoms with Crippen molar-refractivity contribution in [3.8, 4) is 0 Å². The van der Waals surface area contributed by atoms with Crippen LogP contribution in [-0.4, -0.2) is 125 Å². The second-order valence-corrected chi connectivity index (χ2v) is 6.92. The number of ether oxygens (including phenoxy) is 4. The summed E-state index contributed by atoms with van der Waals surface area (Å²) >= 11 is 0. The fraction of sp³-hybridized carbons (Fsp3) is 0.750. The Morgan fingerprint density at radius 1 is 0.686 bits per heavy atom. The van der Waals surface area contributed by atoms with Crippen molar-refractivity contribution in [3.05, 3.63) is 0 Å². The van der Waals surface area contributed by atoms with E-state index in [0.29, 0.717) is 0 Å². The number of rotatable bonds is 23. The lowest BCUT2D eigenvalue weighted by Crippen LogP contribution is -2.36. The van der Waals surface area contributed by atoms with Gasteiger partial charge in [-0.25, -0.2) is 0 Å². The second-order valence-electron chi connectivity index (χ2n) is 6.92. The van der Waals surface area contributed by atoms with Crippen LogP contribution in [0.15, 0.2) is 0 Å². The molecule has 15 nitrogen and oxygen atoms in total. The van der Waals surface area contributed by atoms with Gasteiger partial charge in [-0.2, -0.15) is 0 Å². The summed E-state index contributed by atoms with van der Waals surface area (Å²) < 4.78 is 20.7. The molecule has 0 aliphatic rings. The van der Waals surface area contributed by atoms with Crippen molar-refractivity contribution in [2.45, 2.75) is 18.9 Å². The molecule has 0 aromatic rings. The minimum Gasteiger partial charge on any atom is -0.480 e. The van der Waals surface area contributed by atoms with Gasteiger partial charge in [-0.1, -0.05) is 0 Å². The second kappa shape index (κ2) is 21.7. The van der Waals surface area contributed by atoms with E-state index in [4.69, 9.17) is 29.2 Å². The van der Waals surface area contributed by atoms with Gasteiger partial charge in [0.05, 0.1) is 39.6 Å². The molecule has 35 heavy (non-hydrogen) atoms. The summed E-state index contributed by atoms with van der Waals surface area (Å²) in [5, 5.41) is 27.3. The SMILES string of the molecule is CNC(CCC(=O)NCCOCCOCC(=O)NCCOCCOCC(=O)NCC(=O)O)C(=O)O. The molecule has 0 spiro atoms. The summed E-state index contributed by atoms with van der Waals surface area (Å²) in [6.07, 6.45) is 0.274. The Morgan fingerprint density at radius 3 is 1.66 bits per heavy atom. The third kappa shape index (κ3) is 21.4. The van der Waals surface area contributed by atoms with E-state index < -0.39 is 30.4 Å². The first-order valence-corrected chi connectivity index (χ1v) is 11.0. The molecule has 0 rings (SSSR count). The summed E-state index contributed by atoms with van der Waals surface area (Å²) in [6, 6.07) is -0.765. The number of hydrogen-bond acceptors (Lipinski definition) is 10. The van der Waals surface area contributed by atoms with E-state index in [1.165, 1.54) is 7.05 Å². The average molecular weight is 509 g/mol. The van der Waals surface area contributed by atoms with Crippen molar-refractivity contribution in [1.82, 2.24) is 21.3 Å². The Morgan fingerprint density at radius 2 is 1.17 bits per heavy atom. The number of carbonyl (C=O) groups excluding carboxylic acids is 3. The van der Waals surface area contributed by atoms with Crippen LogP contribution in [0.1, 0.15) is 12.8 Å². The van der Waals surface area contributed by atoms with Crippen LogP contribution < -0.4 is 21.3 Å². The van der Waals surface area contributed by atoms with Crippen molar-refractivity contribution in [1.29, 1.82) is 0 Å². The van der Waals surface area contributed by atoms with E-state index in [2.05, 4.69) is 21.3 Å². The van der Waals surface area contributed by atoms with Gasteiger partial charge in [0.25, 0.3) is 0 Å². The van der Waals surface area contributed by atoms with E-state index in [1.54, 1.807) is 0 Å². The van der Waals surface area contributed by atoms with Crippen LogP contribution in [0.4, 0.5) is 0 Å². The molecule has 0 aliphatic carbocycles. The number of hydrogen-bond donors (Lipinski definition) is 6. The summed E-state index contributed by atoms with van der Waals surface area (Å²) in [6.45, 7) is 0.922. The molecule has 0 radical (unpaired) electrons. The summed E-state index contributed by atoms with van der Waals surface area (Å²) in [4.78, 5) is 55.6. The zero-order valence-electron chi connectivity index (χ0n) is 19.8. The van der Waals surface area contributed by atoms with Crippen LogP contribution in [0, 0.1) is 0 Å². The van der Waals surface area contributed by atoms with E-state index in [0.717, 1.165) is 0 Å². The Bertz CT molecular complexity index is 649. The molecular formula is C20H36N4O11. The lowest BCUT2D eigenvalue weighted by atomic mass is 10.1. The number of carboxylic acid groups (broad SMARTS) is 2. The van der Waals surface area contributed by atoms with E-state index in [1.807, 2.05) is 0 Å². The molecular weight excluding hydrogens is 472 g/mol. The van der Waals surface area contributed by atoms with E-state index in [-0.39, 0.29) is 90.6 Å². The van der Waals surface area contributed by atoms with Crippen LogP contribution >= 0.6 is 0 Å². The fourth-order valence-electron chi connectivity index (χ4n) is 2.33. The van der Waals surface area contributed by atoms with Crippen molar-refractivity contribution in [2.24, 2.45) is 0 Å². The molecule has 3 amide bonds. The van der Waals surface area contributed by atoms with E-state index >= 15 is 0 Å². The van der Waals surface area contributed by atoms with Crippen LogP contribution in [-0.2, 0) is 42.9 Å². The van der Waals surface area contributed by atoms with Crippen molar-refractivity contribution in [2.75, 3.05) is 79.5 Å². The lowest BCUT2D eigenvalue weighted by molar-refractivity contribution is -0.140. The Labute approximate surface area is 203 Å². The van der Waals surface area contributed by atoms with Crippen LogP contribution in [0.25, 0.3) is 0 Å². The first-order valence-electron chi connectivity index (χ1n) is 11.0. The highest BCUT2D eigenvalue weighted by Gasteiger charge is 2.15. The van der Waals surface area contributed by atoms with Crippen molar-refractivity contribution in [3.63, 3.8) is 0 Å². The number of amides is 3. The van der Waals surface area contributed by atoms with Crippen molar-refractivity contribution >= 4 is 29.7 Å². The van der Waals surface area contributed by atoms with Gasteiger partial charge in [0.15, 0.2) is 0 Å². The Kier molecular flexibility index (Phi) is 19.9. The van der Waals surface area contributed by atoms with Gasteiger partial charge in [0.1, 0.15) is 25.8 Å². The Hall–Kier alpha value is -2.85. The van der Waals surface area contributed by atoms with Crippen LogP contribution in [0.5, 0.6) is 0 Å². The number of aliphatic carboxylic acids is 2. The predicted molar refractivity (Wildman–Crippen MR) is 120 cm³/mol. The average Bonchev–Trinajstić information content (AvgIpc) is 2.81. The number of likely N-dealkylation sites (N-methyl/N-ethyl adjacent to an activating group) is 1. The van der Waals surface area contributed by atoms with Gasteiger partial charge in [-0.15, -0.1) is 0 Å². The minimum absolute atomic E-state index is 0.0871. The lowest BCUT2D eigenvalue weighted by Gasteiger charge is -2.11. The Balaban J connectivity index is 3.43. The highest BCUT2D eigenvalue weighted by atomic mass is 16.5. The van der Waals surface area contributed by atoms with Gasteiger partial charge in [0.2, 0.25) is 17.7 Å². The summed E-state index contributed by atoms with van der Waals surface area (Å²) in [7, 11) is 1.52. The molecule has 0 heterocycles. The molecule has 0 bridgehead atoms. The van der Waals surface area contributed by atoms with Crippen LogP contribution in [0.3, 0.4) is 0 Å². The molecule has 0 aromatic carbocycles. The van der Waals surface area contributed by atoms with E-state index in [9.17, 15) is 24.0 Å².